The van der Waals surface area contributed by atoms with E-state index < -0.39 is 11.9 Å². The third-order valence-electron chi connectivity index (χ3n) is 0.869. The molecule has 5 heteroatoms. The van der Waals surface area contributed by atoms with Gasteiger partial charge in [-0.25, -0.2) is 0 Å². The summed E-state index contributed by atoms with van der Waals surface area (Å²) in [4.78, 5) is 3.54. The van der Waals surface area contributed by atoms with Crippen molar-refractivity contribution in [3.63, 3.8) is 0 Å². The van der Waals surface area contributed by atoms with E-state index in [1.807, 2.05) is 0 Å². The van der Waals surface area contributed by atoms with Gasteiger partial charge in [0.05, 0.1) is 0 Å². The summed E-state index contributed by atoms with van der Waals surface area (Å²) < 4.78 is 34.9. The van der Waals surface area contributed by atoms with E-state index in [0.717, 1.165) is 12.3 Å². The predicted molar refractivity (Wildman–Crippen MR) is 37.4 cm³/mol. The van der Waals surface area contributed by atoms with Crippen LogP contribution in [0.1, 0.15) is 6.92 Å². The van der Waals surface area contributed by atoms with E-state index in [0.29, 0.717) is 6.54 Å². The number of aliphatic imine (C=N–C) groups is 1. The number of rotatable bonds is 2. The number of halogens is 3. The molecule has 0 rings (SSSR count). The van der Waals surface area contributed by atoms with Crippen molar-refractivity contribution >= 4 is 6.21 Å². The molecular formula is C6H9F3N2. The number of hydrogen-bond donors (Lipinski definition) is 1. The zero-order chi connectivity index (χ0) is 8.91. The molecule has 0 atom stereocenters. The molecule has 0 aliphatic rings. The summed E-state index contributed by atoms with van der Waals surface area (Å²) in [6.45, 7) is 2.16. The molecule has 0 aromatic heterocycles. The quantitative estimate of drug-likeness (QED) is 0.620. The standard InChI is InChI=1S/C6H9F3N2/c1-2-11-4-3-5(10)6(7,8)9/h3-4H,2,10H2,1H3/b5-3-,11-4?. The van der Waals surface area contributed by atoms with E-state index in [1.165, 1.54) is 0 Å². The van der Waals surface area contributed by atoms with E-state index in [9.17, 15) is 13.2 Å². The lowest BCUT2D eigenvalue weighted by molar-refractivity contribution is -0.0925. The summed E-state index contributed by atoms with van der Waals surface area (Å²) in [5, 5.41) is 0. The Morgan fingerprint density at radius 1 is 1.55 bits per heavy atom. The van der Waals surface area contributed by atoms with Crippen molar-refractivity contribution in [3.05, 3.63) is 11.8 Å². The molecule has 0 fully saturated rings. The molecule has 0 aromatic rings. The molecule has 0 aromatic carbocycles. The molecule has 0 aliphatic heterocycles. The third kappa shape index (κ3) is 4.41. The van der Waals surface area contributed by atoms with Crippen LogP contribution in [0.4, 0.5) is 13.2 Å². The number of allylic oxidation sites excluding steroid dienone is 2. The first-order valence-electron chi connectivity index (χ1n) is 3.01. The molecule has 0 unspecified atom stereocenters. The molecule has 0 aliphatic carbocycles. The Morgan fingerprint density at radius 3 is 2.45 bits per heavy atom. The number of nitrogens with two attached hydrogens (primary N) is 1. The first-order chi connectivity index (χ1) is 4.98. The molecule has 2 nitrogen and oxygen atoms in total. The molecular weight excluding hydrogens is 157 g/mol. The van der Waals surface area contributed by atoms with E-state index in [-0.39, 0.29) is 0 Å². The molecule has 11 heavy (non-hydrogen) atoms. The largest absolute Gasteiger partial charge is 0.430 e. The Morgan fingerprint density at radius 2 is 2.09 bits per heavy atom. The molecule has 0 radical (unpaired) electrons. The second-order valence-electron chi connectivity index (χ2n) is 1.77. The van der Waals surface area contributed by atoms with Crippen LogP contribution in [0.3, 0.4) is 0 Å². The van der Waals surface area contributed by atoms with Gasteiger partial charge in [0.25, 0.3) is 0 Å². The summed E-state index contributed by atoms with van der Waals surface area (Å²) in [5.74, 6) is 0. The van der Waals surface area contributed by atoms with Gasteiger partial charge in [-0.15, -0.1) is 0 Å². The van der Waals surface area contributed by atoms with Crippen molar-refractivity contribution in [3.8, 4) is 0 Å². The fourth-order valence-corrected chi connectivity index (χ4v) is 0.333. The van der Waals surface area contributed by atoms with E-state index >= 15 is 0 Å². The first-order valence-corrected chi connectivity index (χ1v) is 3.01. The van der Waals surface area contributed by atoms with Crippen molar-refractivity contribution < 1.29 is 13.2 Å². The van der Waals surface area contributed by atoms with E-state index in [2.05, 4.69) is 10.7 Å². The highest BCUT2D eigenvalue weighted by Gasteiger charge is 2.30. The lowest BCUT2D eigenvalue weighted by atomic mass is 10.4. The Labute approximate surface area is 62.6 Å². The van der Waals surface area contributed by atoms with Crippen molar-refractivity contribution in [1.29, 1.82) is 0 Å². The zero-order valence-electron chi connectivity index (χ0n) is 6.02. The molecule has 64 valence electrons. The molecule has 0 amide bonds. The minimum atomic E-state index is -4.44. The van der Waals surface area contributed by atoms with Crippen molar-refractivity contribution in [1.82, 2.24) is 0 Å². The maximum Gasteiger partial charge on any atom is 0.430 e. The summed E-state index contributed by atoms with van der Waals surface area (Å²) in [5.41, 5.74) is 3.51. The van der Waals surface area contributed by atoms with Gasteiger partial charge in [0.15, 0.2) is 0 Å². The number of hydrogen-bond acceptors (Lipinski definition) is 2. The van der Waals surface area contributed by atoms with Crippen LogP contribution in [-0.4, -0.2) is 18.9 Å². The monoisotopic (exact) mass is 166 g/mol. The lowest BCUT2D eigenvalue weighted by Crippen LogP contribution is -2.19. The maximum atomic E-state index is 11.6. The average molecular weight is 166 g/mol. The molecule has 2 N–H and O–H groups in total. The van der Waals surface area contributed by atoms with Crippen LogP contribution in [-0.2, 0) is 0 Å². The van der Waals surface area contributed by atoms with Crippen LogP contribution in [0.15, 0.2) is 16.8 Å². The highest BCUT2D eigenvalue weighted by Crippen LogP contribution is 2.20. The molecule has 0 spiro atoms. The Hall–Kier alpha value is -1.00. The number of alkyl halides is 3. The summed E-state index contributed by atoms with van der Waals surface area (Å²) in [7, 11) is 0. The van der Waals surface area contributed by atoms with E-state index in [1.54, 1.807) is 6.92 Å². The fourth-order valence-electron chi connectivity index (χ4n) is 0.333. The molecule has 0 heterocycles. The van der Waals surface area contributed by atoms with Gasteiger partial charge >= 0.3 is 6.18 Å². The molecule has 0 bridgehead atoms. The number of nitrogens with zero attached hydrogens (tertiary/aromatic N) is 1. The topological polar surface area (TPSA) is 38.4 Å². The van der Waals surface area contributed by atoms with Crippen LogP contribution >= 0.6 is 0 Å². The summed E-state index contributed by atoms with van der Waals surface area (Å²) in [6.07, 6.45) is -2.66. The van der Waals surface area contributed by atoms with Crippen molar-refractivity contribution in [2.75, 3.05) is 6.54 Å². The van der Waals surface area contributed by atoms with Crippen LogP contribution in [0.5, 0.6) is 0 Å². The van der Waals surface area contributed by atoms with Crippen LogP contribution < -0.4 is 5.73 Å². The highest BCUT2D eigenvalue weighted by molar-refractivity contribution is 5.72. The zero-order valence-corrected chi connectivity index (χ0v) is 6.02. The molecule has 0 saturated heterocycles. The van der Waals surface area contributed by atoms with Crippen LogP contribution in [0, 0.1) is 0 Å². The van der Waals surface area contributed by atoms with Gasteiger partial charge in [-0.3, -0.25) is 4.99 Å². The van der Waals surface area contributed by atoms with Gasteiger partial charge in [-0.05, 0) is 13.0 Å². The Bertz CT molecular complexity index is 169. The third-order valence-corrected chi connectivity index (χ3v) is 0.869. The molecule has 0 saturated carbocycles. The SMILES string of the molecule is CCN=C/C=C(\N)C(F)(F)F. The minimum absolute atomic E-state index is 0.446. The smallest absolute Gasteiger partial charge is 0.395 e. The fraction of sp³-hybridized carbons (Fsp3) is 0.500. The van der Waals surface area contributed by atoms with Gasteiger partial charge in [0, 0.05) is 12.8 Å². The average Bonchev–Trinajstić information content (AvgIpc) is 1.86. The van der Waals surface area contributed by atoms with E-state index in [4.69, 9.17) is 0 Å². The maximum absolute atomic E-state index is 11.6. The second kappa shape index (κ2) is 4.00. The van der Waals surface area contributed by atoms with Gasteiger partial charge in [-0.1, -0.05) is 0 Å². The van der Waals surface area contributed by atoms with Crippen LogP contribution in [0.25, 0.3) is 0 Å². The predicted octanol–water partition coefficient (Wildman–Crippen LogP) is 1.48. The minimum Gasteiger partial charge on any atom is -0.395 e. The van der Waals surface area contributed by atoms with Gasteiger partial charge in [0.2, 0.25) is 0 Å². The normalized spacial score (nSPS) is 14.4. The Kier molecular flexibility index (Phi) is 3.64. The summed E-state index contributed by atoms with van der Waals surface area (Å²) in [6, 6.07) is 0. The van der Waals surface area contributed by atoms with Gasteiger partial charge < -0.3 is 5.73 Å². The second-order valence-corrected chi connectivity index (χ2v) is 1.77. The van der Waals surface area contributed by atoms with Crippen molar-refractivity contribution in [2.45, 2.75) is 13.1 Å². The van der Waals surface area contributed by atoms with Gasteiger partial charge in [0.1, 0.15) is 5.70 Å². The highest BCUT2D eigenvalue weighted by atomic mass is 19.4. The Balaban J connectivity index is 4.12. The summed E-state index contributed by atoms with van der Waals surface area (Å²) >= 11 is 0. The van der Waals surface area contributed by atoms with Crippen LogP contribution in [0.2, 0.25) is 0 Å². The first kappa shape index (κ1) is 10.0. The van der Waals surface area contributed by atoms with Crippen molar-refractivity contribution in [2.24, 2.45) is 10.7 Å². The van der Waals surface area contributed by atoms with Gasteiger partial charge in [-0.2, -0.15) is 13.2 Å². The lowest BCUT2D eigenvalue weighted by Gasteiger charge is -2.03.